The quantitative estimate of drug-likeness (QED) is 0.929. The zero-order valence-electron chi connectivity index (χ0n) is 11.6. The Morgan fingerprint density at radius 3 is 2.77 bits per heavy atom. The average molecular weight is 312 g/mol. The number of amides is 1. The lowest BCUT2D eigenvalue weighted by molar-refractivity contribution is -0.144. The first-order valence-corrected chi connectivity index (χ1v) is 6.06. The Morgan fingerprint density at radius 1 is 1.50 bits per heavy atom. The molecule has 10 heteroatoms. The Labute approximate surface area is 122 Å². The van der Waals surface area contributed by atoms with Crippen molar-refractivity contribution in [1.29, 1.82) is 5.26 Å². The van der Waals surface area contributed by atoms with Crippen LogP contribution in [0, 0.1) is 18.3 Å². The number of anilines is 1. The predicted molar refractivity (Wildman–Crippen MR) is 68.5 cm³/mol. The van der Waals surface area contributed by atoms with E-state index in [-0.39, 0.29) is 17.1 Å². The maximum Gasteiger partial charge on any atom is 0.433 e. The van der Waals surface area contributed by atoms with Crippen LogP contribution in [0.3, 0.4) is 0 Å². The van der Waals surface area contributed by atoms with E-state index >= 15 is 0 Å². The van der Waals surface area contributed by atoms with Crippen LogP contribution in [-0.2, 0) is 24.6 Å². The molecule has 0 spiro atoms. The number of nitriles is 1. The van der Waals surface area contributed by atoms with Crippen molar-refractivity contribution in [3.63, 3.8) is 0 Å². The Balaban J connectivity index is 2.20. The van der Waals surface area contributed by atoms with Crippen molar-refractivity contribution in [3.05, 3.63) is 29.2 Å². The van der Waals surface area contributed by atoms with Gasteiger partial charge in [0.1, 0.15) is 29.7 Å². The van der Waals surface area contributed by atoms with Gasteiger partial charge in [-0.3, -0.25) is 14.2 Å². The second-order valence-corrected chi connectivity index (χ2v) is 4.52. The largest absolute Gasteiger partial charge is 0.433 e. The summed E-state index contributed by atoms with van der Waals surface area (Å²) in [6, 6.07) is 2.68. The molecule has 0 fully saturated rings. The second-order valence-electron chi connectivity index (χ2n) is 4.52. The van der Waals surface area contributed by atoms with Gasteiger partial charge in [0.2, 0.25) is 5.91 Å². The van der Waals surface area contributed by atoms with E-state index in [1.165, 1.54) is 24.9 Å². The molecule has 0 unspecified atom stereocenters. The van der Waals surface area contributed by atoms with E-state index in [0.717, 1.165) is 6.07 Å². The molecule has 0 aliphatic carbocycles. The van der Waals surface area contributed by atoms with Crippen LogP contribution in [0.5, 0.6) is 0 Å². The van der Waals surface area contributed by atoms with Gasteiger partial charge in [0.25, 0.3) is 0 Å². The van der Waals surface area contributed by atoms with Crippen LogP contribution in [0.4, 0.5) is 19.0 Å². The van der Waals surface area contributed by atoms with Crippen LogP contribution in [0.2, 0.25) is 0 Å². The fourth-order valence-electron chi connectivity index (χ4n) is 1.87. The normalized spacial score (nSPS) is 11.3. The third-order valence-electron chi connectivity index (χ3n) is 2.80. The number of aryl methyl sites for hydroxylation is 2. The highest BCUT2D eigenvalue weighted by atomic mass is 19.4. The van der Waals surface area contributed by atoms with E-state index in [0.29, 0.717) is 4.68 Å². The molecule has 0 radical (unpaired) electrons. The van der Waals surface area contributed by atoms with Crippen molar-refractivity contribution in [3.8, 4) is 6.07 Å². The lowest BCUT2D eigenvalue weighted by atomic mass is 10.3. The van der Waals surface area contributed by atoms with E-state index < -0.39 is 24.3 Å². The van der Waals surface area contributed by atoms with Gasteiger partial charge < -0.3 is 5.32 Å². The summed E-state index contributed by atoms with van der Waals surface area (Å²) in [5.41, 5.74) is -0.743. The van der Waals surface area contributed by atoms with E-state index in [2.05, 4.69) is 15.5 Å². The molecule has 0 aromatic carbocycles. The summed E-state index contributed by atoms with van der Waals surface area (Å²) in [4.78, 5) is 11.9. The molecule has 116 valence electrons. The molecule has 0 atom stereocenters. The third kappa shape index (κ3) is 3.08. The topological polar surface area (TPSA) is 88.5 Å². The molecular formula is C12H11F3N6O. The van der Waals surface area contributed by atoms with Crippen LogP contribution in [0.25, 0.3) is 0 Å². The van der Waals surface area contributed by atoms with Crippen molar-refractivity contribution in [2.45, 2.75) is 19.6 Å². The minimum Gasteiger partial charge on any atom is -0.308 e. The van der Waals surface area contributed by atoms with E-state index in [9.17, 15) is 18.0 Å². The molecule has 1 amide bonds. The molecule has 2 rings (SSSR count). The lowest BCUT2D eigenvalue weighted by Gasteiger charge is -2.10. The van der Waals surface area contributed by atoms with Gasteiger partial charge in [-0.2, -0.15) is 28.6 Å². The van der Waals surface area contributed by atoms with Gasteiger partial charge in [-0.15, -0.1) is 0 Å². The molecule has 0 bridgehead atoms. The van der Waals surface area contributed by atoms with Crippen LogP contribution in [0.1, 0.15) is 17.0 Å². The van der Waals surface area contributed by atoms with E-state index in [1.807, 2.05) is 6.07 Å². The lowest BCUT2D eigenvalue weighted by Crippen LogP contribution is -2.24. The fraction of sp³-hybridized carbons (Fsp3) is 0.333. The van der Waals surface area contributed by atoms with Gasteiger partial charge in [0, 0.05) is 7.05 Å². The second kappa shape index (κ2) is 5.51. The molecule has 0 saturated carbocycles. The molecule has 1 N–H and O–H groups in total. The van der Waals surface area contributed by atoms with E-state index in [4.69, 9.17) is 5.26 Å². The zero-order valence-corrected chi connectivity index (χ0v) is 11.6. The van der Waals surface area contributed by atoms with Gasteiger partial charge in [-0.25, -0.2) is 0 Å². The first-order valence-electron chi connectivity index (χ1n) is 6.06. The van der Waals surface area contributed by atoms with Crippen LogP contribution in [-0.4, -0.2) is 25.5 Å². The average Bonchev–Trinajstić information content (AvgIpc) is 2.93. The van der Waals surface area contributed by atoms with Crippen molar-refractivity contribution in [2.75, 3.05) is 5.32 Å². The van der Waals surface area contributed by atoms with Crippen molar-refractivity contribution >= 4 is 11.7 Å². The van der Waals surface area contributed by atoms with Gasteiger partial charge in [-0.1, -0.05) is 0 Å². The van der Waals surface area contributed by atoms with Crippen molar-refractivity contribution < 1.29 is 18.0 Å². The Morgan fingerprint density at radius 2 is 2.18 bits per heavy atom. The molecule has 22 heavy (non-hydrogen) atoms. The monoisotopic (exact) mass is 312 g/mol. The summed E-state index contributed by atoms with van der Waals surface area (Å²) in [6.45, 7) is 0.775. The summed E-state index contributed by atoms with van der Waals surface area (Å²) in [7, 11) is 1.50. The summed E-state index contributed by atoms with van der Waals surface area (Å²) < 4.78 is 40.3. The highest BCUT2D eigenvalue weighted by molar-refractivity contribution is 5.90. The fourth-order valence-corrected chi connectivity index (χ4v) is 1.87. The van der Waals surface area contributed by atoms with Gasteiger partial charge in [0.15, 0.2) is 0 Å². The first kappa shape index (κ1) is 15.6. The summed E-state index contributed by atoms with van der Waals surface area (Å²) >= 11 is 0. The summed E-state index contributed by atoms with van der Waals surface area (Å²) in [6.07, 6.45) is -3.36. The molecular weight excluding hydrogens is 301 g/mol. The number of nitrogens with one attached hydrogen (secondary N) is 1. The first-order chi connectivity index (χ1) is 10.2. The molecule has 2 heterocycles. The number of hydrogen-bond donors (Lipinski definition) is 1. The van der Waals surface area contributed by atoms with Crippen LogP contribution in [0.15, 0.2) is 12.3 Å². The van der Waals surface area contributed by atoms with Gasteiger partial charge >= 0.3 is 6.18 Å². The maximum absolute atomic E-state index is 12.8. The minimum atomic E-state index is -4.61. The van der Waals surface area contributed by atoms with Gasteiger partial charge in [-0.05, 0) is 13.0 Å². The molecule has 0 aliphatic rings. The number of carbonyl (C=O) groups excluding carboxylic acids is 1. The van der Waals surface area contributed by atoms with Gasteiger partial charge in [0.05, 0.1) is 11.9 Å². The molecule has 2 aromatic rings. The SMILES string of the molecule is Cc1cc(C(F)(F)F)n(CC(=O)Nc2c(C#N)cnn2C)n1. The van der Waals surface area contributed by atoms with Crippen LogP contribution >= 0.6 is 0 Å². The molecule has 2 aromatic heterocycles. The smallest absolute Gasteiger partial charge is 0.308 e. The number of aromatic nitrogens is 4. The number of hydrogen-bond acceptors (Lipinski definition) is 4. The highest BCUT2D eigenvalue weighted by Gasteiger charge is 2.35. The highest BCUT2D eigenvalue weighted by Crippen LogP contribution is 2.29. The number of carbonyl (C=O) groups is 1. The Bertz CT molecular complexity index is 752. The molecule has 0 saturated heterocycles. The minimum absolute atomic E-state index is 0.114. The summed E-state index contributed by atoms with van der Waals surface area (Å²) in [5, 5.41) is 18.7. The van der Waals surface area contributed by atoms with Crippen LogP contribution < -0.4 is 5.32 Å². The van der Waals surface area contributed by atoms with Crippen molar-refractivity contribution in [1.82, 2.24) is 19.6 Å². The molecule has 7 nitrogen and oxygen atoms in total. The van der Waals surface area contributed by atoms with Crippen molar-refractivity contribution in [2.24, 2.45) is 7.05 Å². The number of nitrogens with zero attached hydrogens (tertiary/aromatic N) is 5. The maximum atomic E-state index is 12.8. The van der Waals surface area contributed by atoms with E-state index in [1.54, 1.807) is 0 Å². The number of halogens is 3. The zero-order chi connectivity index (χ0) is 16.5. The molecule has 0 aliphatic heterocycles. The summed E-state index contributed by atoms with van der Waals surface area (Å²) in [5.74, 6) is -0.626. The third-order valence-corrected chi connectivity index (χ3v) is 2.80. The number of rotatable bonds is 3. The Kier molecular flexibility index (Phi) is 3.90. The number of alkyl halides is 3. The Hall–Kier alpha value is -2.83. The standard InChI is InChI=1S/C12H11F3N6O/c1-7-3-9(12(13,14)15)21(19-7)6-10(22)18-11-8(4-16)5-17-20(11)2/h3,5H,6H2,1-2H3,(H,18,22). The predicted octanol–water partition coefficient (Wildman–Crippen LogP) is 1.45.